The highest BCUT2D eigenvalue weighted by Crippen LogP contribution is 2.40. The first kappa shape index (κ1) is 13.0. The number of amides is 1. The van der Waals surface area contributed by atoms with Crippen LogP contribution >= 0.6 is 11.3 Å². The lowest BCUT2D eigenvalue weighted by Crippen LogP contribution is -2.18. The van der Waals surface area contributed by atoms with Gasteiger partial charge in [-0.15, -0.1) is 11.3 Å². The van der Waals surface area contributed by atoms with E-state index in [0.29, 0.717) is 22.3 Å². The minimum absolute atomic E-state index is 0.262. The molecule has 0 aliphatic heterocycles. The zero-order valence-corrected chi connectivity index (χ0v) is 11.8. The maximum absolute atomic E-state index is 12.2. The van der Waals surface area contributed by atoms with Crippen LogP contribution in [0.15, 0.2) is 17.6 Å². The molecule has 0 atom stereocenters. The molecule has 7 heteroatoms. The minimum atomic E-state index is -0.262. The number of carbonyl (C=O) groups is 1. The molecule has 104 valence electrons. The summed E-state index contributed by atoms with van der Waals surface area (Å²) in [6, 6.07) is 1.73. The molecule has 2 aromatic rings. The molecule has 1 aliphatic rings. The molecule has 0 bridgehead atoms. The van der Waals surface area contributed by atoms with Gasteiger partial charge in [0.2, 0.25) is 0 Å². The van der Waals surface area contributed by atoms with Crippen molar-refractivity contribution in [2.45, 2.75) is 25.7 Å². The minimum Gasteiger partial charge on any atom is -0.323 e. The first-order valence-corrected chi connectivity index (χ1v) is 7.25. The first-order chi connectivity index (χ1) is 9.67. The second kappa shape index (κ2) is 5.18. The molecule has 4 N–H and O–H groups in total. The predicted octanol–water partition coefficient (Wildman–Crippen LogP) is 2.26. The molecule has 0 saturated heterocycles. The number of nitrogens with zero attached hydrogens (tertiary/aromatic N) is 2. The molecule has 2 heterocycles. The SMILES string of the molecule is Cc1cc(NN)c(C(=O)Nc2nc(C3CC3)cs2)cn1. The number of aryl methyl sites for hydroxylation is 1. The van der Waals surface area contributed by atoms with E-state index in [1.165, 1.54) is 30.4 Å². The molecule has 1 aliphatic carbocycles. The van der Waals surface area contributed by atoms with Crippen molar-refractivity contribution in [1.29, 1.82) is 0 Å². The summed E-state index contributed by atoms with van der Waals surface area (Å²) < 4.78 is 0. The van der Waals surface area contributed by atoms with Gasteiger partial charge in [-0.05, 0) is 25.8 Å². The van der Waals surface area contributed by atoms with Crippen molar-refractivity contribution in [3.8, 4) is 0 Å². The van der Waals surface area contributed by atoms with E-state index in [1.54, 1.807) is 6.07 Å². The maximum Gasteiger partial charge on any atom is 0.261 e. The highest BCUT2D eigenvalue weighted by atomic mass is 32.1. The third-order valence-corrected chi connectivity index (χ3v) is 3.95. The van der Waals surface area contributed by atoms with Crippen LogP contribution in [0.2, 0.25) is 0 Å². The van der Waals surface area contributed by atoms with Crippen LogP contribution in [0, 0.1) is 6.92 Å². The van der Waals surface area contributed by atoms with E-state index in [2.05, 4.69) is 20.7 Å². The summed E-state index contributed by atoms with van der Waals surface area (Å²) in [6.45, 7) is 1.84. The van der Waals surface area contributed by atoms with Crippen molar-refractivity contribution in [1.82, 2.24) is 9.97 Å². The number of nitrogen functional groups attached to an aromatic ring is 1. The van der Waals surface area contributed by atoms with Crippen LogP contribution in [0.3, 0.4) is 0 Å². The van der Waals surface area contributed by atoms with Crippen molar-refractivity contribution in [3.05, 3.63) is 34.6 Å². The van der Waals surface area contributed by atoms with Crippen LogP contribution in [0.1, 0.15) is 40.5 Å². The predicted molar refractivity (Wildman–Crippen MR) is 78.8 cm³/mol. The summed E-state index contributed by atoms with van der Waals surface area (Å²) in [5.41, 5.74) is 5.34. The number of carbonyl (C=O) groups excluding carboxylic acids is 1. The van der Waals surface area contributed by atoms with Crippen molar-refractivity contribution in [2.75, 3.05) is 10.7 Å². The Balaban J connectivity index is 1.77. The Morgan fingerprint density at radius 1 is 1.50 bits per heavy atom. The number of pyridine rings is 1. The molecule has 1 amide bonds. The van der Waals surface area contributed by atoms with E-state index in [-0.39, 0.29) is 5.91 Å². The van der Waals surface area contributed by atoms with Crippen molar-refractivity contribution in [2.24, 2.45) is 5.84 Å². The van der Waals surface area contributed by atoms with Gasteiger partial charge >= 0.3 is 0 Å². The molecular weight excluding hydrogens is 274 g/mol. The summed E-state index contributed by atoms with van der Waals surface area (Å²) in [5, 5.41) is 5.40. The highest BCUT2D eigenvalue weighted by Gasteiger charge is 2.26. The van der Waals surface area contributed by atoms with Gasteiger partial charge in [0.1, 0.15) is 0 Å². The number of aromatic nitrogens is 2. The number of nitrogens with one attached hydrogen (secondary N) is 2. The van der Waals surface area contributed by atoms with Crippen LogP contribution in [-0.2, 0) is 0 Å². The molecule has 0 radical (unpaired) electrons. The molecule has 3 rings (SSSR count). The quantitative estimate of drug-likeness (QED) is 0.593. The Kier molecular flexibility index (Phi) is 3.37. The first-order valence-electron chi connectivity index (χ1n) is 6.37. The molecular formula is C13H15N5OS. The van der Waals surface area contributed by atoms with E-state index in [1.807, 2.05) is 12.3 Å². The Hall–Kier alpha value is -1.99. The average Bonchev–Trinajstić information content (AvgIpc) is 3.19. The van der Waals surface area contributed by atoms with Crippen molar-refractivity contribution >= 4 is 28.1 Å². The van der Waals surface area contributed by atoms with Gasteiger partial charge in [0, 0.05) is 23.2 Å². The third kappa shape index (κ3) is 2.63. The van der Waals surface area contributed by atoms with Gasteiger partial charge in [0.25, 0.3) is 5.91 Å². The zero-order valence-electron chi connectivity index (χ0n) is 11.0. The number of nitrogens with two attached hydrogens (primary N) is 1. The largest absolute Gasteiger partial charge is 0.323 e. The molecule has 1 saturated carbocycles. The van der Waals surface area contributed by atoms with Crippen LogP contribution in [0.25, 0.3) is 0 Å². The molecule has 1 fully saturated rings. The summed E-state index contributed by atoms with van der Waals surface area (Å²) in [7, 11) is 0. The number of anilines is 2. The van der Waals surface area contributed by atoms with E-state index < -0.39 is 0 Å². The fourth-order valence-electron chi connectivity index (χ4n) is 1.93. The fourth-order valence-corrected chi connectivity index (χ4v) is 2.72. The van der Waals surface area contributed by atoms with Gasteiger partial charge in [-0.2, -0.15) is 0 Å². The summed E-state index contributed by atoms with van der Waals surface area (Å²) in [4.78, 5) is 20.8. The lowest BCUT2D eigenvalue weighted by atomic mass is 10.2. The Morgan fingerprint density at radius 2 is 2.30 bits per heavy atom. The summed E-state index contributed by atoms with van der Waals surface area (Å²) in [6.07, 6.45) is 3.90. The molecule has 2 aromatic heterocycles. The zero-order chi connectivity index (χ0) is 14.1. The van der Waals surface area contributed by atoms with Crippen LogP contribution in [-0.4, -0.2) is 15.9 Å². The number of thiazole rings is 1. The lowest BCUT2D eigenvalue weighted by Gasteiger charge is -2.08. The summed E-state index contributed by atoms with van der Waals surface area (Å²) in [5.74, 6) is 5.75. The van der Waals surface area contributed by atoms with E-state index in [9.17, 15) is 4.79 Å². The van der Waals surface area contributed by atoms with Crippen molar-refractivity contribution in [3.63, 3.8) is 0 Å². The van der Waals surface area contributed by atoms with Gasteiger partial charge < -0.3 is 5.43 Å². The Labute approximate surface area is 120 Å². The average molecular weight is 289 g/mol. The lowest BCUT2D eigenvalue weighted by molar-refractivity contribution is 0.102. The van der Waals surface area contributed by atoms with Gasteiger partial charge in [-0.25, -0.2) is 4.98 Å². The van der Waals surface area contributed by atoms with Gasteiger partial charge in [-0.1, -0.05) is 0 Å². The molecule has 6 nitrogen and oxygen atoms in total. The van der Waals surface area contributed by atoms with Crippen molar-refractivity contribution < 1.29 is 4.79 Å². The monoisotopic (exact) mass is 289 g/mol. The van der Waals surface area contributed by atoms with Gasteiger partial charge in [0.15, 0.2) is 5.13 Å². The molecule has 0 aromatic carbocycles. The second-order valence-corrected chi connectivity index (χ2v) is 5.68. The molecule has 20 heavy (non-hydrogen) atoms. The topological polar surface area (TPSA) is 92.9 Å². The van der Waals surface area contributed by atoms with Crippen LogP contribution in [0.5, 0.6) is 0 Å². The molecule has 0 unspecified atom stereocenters. The second-order valence-electron chi connectivity index (χ2n) is 4.82. The van der Waals surface area contributed by atoms with Crippen LogP contribution in [0.4, 0.5) is 10.8 Å². The Morgan fingerprint density at radius 3 is 3.00 bits per heavy atom. The normalized spacial score (nSPS) is 14.1. The number of hydrazine groups is 1. The smallest absolute Gasteiger partial charge is 0.261 e. The van der Waals surface area contributed by atoms with Gasteiger partial charge in [-0.3, -0.25) is 20.9 Å². The highest BCUT2D eigenvalue weighted by molar-refractivity contribution is 7.14. The maximum atomic E-state index is 12.2. The number of hydrogen-bond donors (Lipinski definition) is 3. The fraction of sp³-hybridized carbons (Fsp3) is 0.308. The number of hydrogen-bond acceptors (Lipinski definition) is 6. The number of rotatable bonds is 4. The third-order valence-electron chi connectivity index (χ3n) is 3.18. The van der Waals surface area contributed by atoms with Crippen LogP contribution < -0.4 is 16.6 Å². The van der Waals surface area contributed by atoms with Gasteiger partial charge in [0.05, 0.1) is 16.9 Å². The van der Waals surface area contributed by atoms with E-state index in [0.717, 1.165) is 11.4 Å². The van der Waals surface area contributed by atoms with E-state index in [4.69, 9.17) is 5.84 Å². The molecule has 0 spiro atoms. The van der Waals surface area contributed by atoms with E-state index >= 15 is 0 Å². The Bertz CT molecular complexity index is 650. The summed E-state index contributed by atoms with van der Waals surface area (Å²) >= 11 is 1.44. The standard InChI is InChI=1S/C13H15N5OS/c1-7-4-10(18-14)9(5-15-7)12(19)17-13-16-11(6-20-13)8-2-3-8/h4-6,8H,2-3,14H2,1H3,(H,15,18)(H,16,17,19).